The molecule has 120 valence electrons. The van der Waals surface area contributed by atoms with Gasteiger partial charge in [0.15, 0.2) is 0 Å². The van der Waals surface area contributed by atoms with Crippen LogP contribution in [0.3, 0.4) is 0 Å². The Morgan fingerprint density at radius 1 is 1.21 bits per heavy atom. The molecule has 2 heterocycles. The van der Waals surface area contributed by atoms with Gasteiger partial charge in [0.25, 0.3) is 0 Å². The van der Waals surface area contributed by atoms with Crippen molar-refractivity contribution in [3.63, 3.8) is 0 Å². The van der Waals surface area contributed by atoms with Crippen LogP contribution in [0, 0.1) is 17.1 Å². The van der Waals surface area contributed by atoms with Gasteiger partial charge in [0.05, 0.1) is 12.5 Å². The zero-order valence-corrected chi connectivity index (χ0v) is 13.2. The average molecular weight is 320 g/mol. The molecule has 2 aliphatic rings. The highest BCUT2D eigenvalue weighted by atomic mass is 19.1. The standard InChI is InChI=1S/C20H17FN2O/c21-15-6-4-14(5-7-15)19-16-2-1-11-24-20(16)17-12-13(9-10-22)3-8-18(17)23-19/h3-8,12,20,23H,1-2,9,11H2. The van der Waals surface area contributed by atoms with E-state index in [2.05, 4.69) is 17.5 Å². The van der Waals surface area contributed by atoms with Crippen molar-refractivity contribution in [2.45, 2.75) is 25.4 Å². The normalized spacial score (nSPS) is 19.1. The Kier molecular flexibility index (Phi) is 3.79. The fourth-order valence-corrected chi connectivity index (χ4v) is 3.46. The summed E-state index contributed by atoms with van der Waals surface area (Å²) in [5, 5.41) is 12.4. The minimum Gasteiger partial charge on any atom is -0.369 e. The molecule has 0 radical (unpaired) electrons. The van der Waals surface area contributed by atoms with Gasteiger partial charge in [0.1, 0.15) is 11.9 Å². The third kappa shape index (κ3) is 2.57. The fourth-order valence-electron chi connectivity index (χ4n) is 3.46. The molecule has 1 N–H and O–H groups in total. The second-order valence-corrected chi connectivity index (χ2v) is 6.14. The van der Waals surface area contributed by atoms with Crippen molar-refractivity contribution < 1.29 is 9.13 Å². The Labute approximate surface area is 140 Å². The van der Waals surface area contributed by atoms with Crippen molar-refractivity contribution in [2.24, 2.45) is 0 Å². The number of hydrogen-bond donors (Lipinski definition) is 1. The number of benzene rings is 2. The predicted octanol–water partition coefficient (Wildman–Crippen LogP) is 4.58. The maximum atomic E-state index is 13.3. The van der Waals surface area contributed by atoms with Crippen LogP contribution >= 0.6 is 0 Å². The van der Waals surface area contributed by atoms with Gasteiger partial charge in [-0.2, -0.15) is 5.26 Å². The zero-order valence-electron chi connectivity index (χ0n) is 13.2. The second-order valence-electron chi connectivity index (χ2n) is 6.14. The van der Waals surface area contributed by atoms with Gasteiger partial charge >= 0.3 is 0 Å². The van der Waals surface area contributed by atoms with Crippen LogP contribution in [0.2, 0.25) is 0 Å². The molecule has 1 atom stereocenters. The summed E-state index contributed by atoms with van der Waals surface area (Å²) in [6.07, 6.45) is 2.23. The number of anilines is 1. The Hall–Kier alpha value is -2.64. The number of ether oxygens (including phenoxy) is 1. The fraction of sp³-hybridized carbons (Fsp3) is 0.250. The topological polar surface area (TPSA) is 45.0 Å². The molecule has 2 aromatic rings. The summed E-state index contributed by atoms with van der Waals surface area (Å²) in [4.78, 5) is 0. The molecule has 0 aromatic heterocycles. The van der Waals surface area contributed by atoms with Crippen LogP contribution in [-0.2, 0) is 11.2 Å². The summed E-state index contributed by atoms with van der Waals surface area (Å²) in [6.45, 7) is 0.729. The molecule has 1 unspecified atom stereocenters. The molecule has 24 heavy (non-hydrogen) atoms. The van der Waals surface area contributed by atoms with Crippen LogP contribution in [-0.4, -0.2) is 6.61 Å². The molecule has 1 saturated heterocycles. The van der Waals surface area contributed by atoms with E-state index in [1.807, 2.05) is 12.1 Å². The lowest BCUT2D eigenvalue weighted by molar-refractivity contribution is 0.0525. The van der Waals surface area contributed by atoms with Gasteiger partial charge in [-0.1, -0.05) is 6.07 Å². The first-order valence-corrected chi connectivity index (χ1v) is 8.13. The monoisotopic (exact) mass is 320 g/mol. The van der Waals surface area contributed by atoms with E-state index in [-0.39, 0.29) is 11.9 Å². The highest BCUT2D eigenvalue weighted by Crippen LogP contribution is 2.45. The van der Waals surface area contributed by atoms with Crippen molar-refractivity contribution in [1.29, 1.82) is 5.26 Å². The lowest BCUT2D eigenvalue weighted by atomic mass is 9.86. The molecule has 0 amide bonds. The first-order chi connectivity index (χ1) is 11.8. The SMILES string of the molecule is N#CCc1ccc2c(c1)C1OCCCC1=C(c1ccc(F)cc1)N2. The Bertz CT molecular complexity index is 849. The number of fused-ring (bicyclic) bond motifs is 3. The molecule has 0 spiro atoms. The number of rotatable bonds is 2. The minimum absolute atomic E-state index is 0.0892. The Morgan fingerprint density at radius 3 is 2.83 bits per heavy atom. The van der Waals surface area contributed by atoms with Gasteiger partial charge in [0.2, 0.25) is 0 Å². The lowest BCUT2D eigenvalue weighted by Crippen LogP contribution is -2.23. The first-order valence-electron chi connectivity index (χ1n) is 8.13. The molecule has 0 saturated carbocycles. The highest BCUT2D eigenvalue weighted by Gasteiger charge is 2.31. The molecule has 3 nitrogen and oxygen atoms in total. The quantitative estimate of drug-likeness (QED) is 0.881. The van der Waals surface area contributed by atoms with Crippen LogP contribution in [0.15, 0.2) is 48.0 Å². The van der Waals surface area contributed by atoms with Gasteiger partial charge in [-0.3, -0.25) is 0 Å². The van der Waals surface area contributed by atoms with Crippen molar-refractivity contribution >= 4 is 11.4 Å². The van der Waals surface area contributed by atoms with E-state index in [1.165, 1.54) is 17.7 Å². The third-order valence-corrected chi connectivity index (χ3v) is 4.59. The van der Waals surface area contributed by atoms with Gasteiger partial charge < -0.3 is 10.1 Å². The lowest BCUT2D eigenvalue weighted by Gasteiger charge is -2.35. The van der Waals surface area contributed by atoms with Gasteiger partial charge in [-0.15, -0.1) is 0 Å². The number of nitrogens with one attached hydrogen (secondary N) is 1. The van der Waals surface area contributed by atoms with Gasteiger partial charge in [-0.25, -0.2) is 4.39 Å². The maximum absolute atomic E-state index is 13.3. The Morgan fingerprint density at radius 2 is 2.04 bits per heavy atom. The summed E-state index contributed by atoms with van der Waals surface area (Å²) in [5.41, 5.74) is 6.26. The van der Waals surface area contributed by atoms with Crippen LogP contribution in [0.25, 0.3) is 5.70 Å². The van der Waals surface area contributed by atoms with Gasteiger partial charge in [0, 0.05) is 23.6 Å². The van der Waals surface area contributed by atoms with E-state index in [4.69, 9.17) is 10.00 Å². The molecule has 4 heteroatoms. The van der Waals surface area contributed by atoms with E-state index >= 15 is 0 Å². The molecule has 0 bridgehead atoms. The van der Waals surface area contributed by atoms with Crippen LogP contribution in [0.4, 0.5) is 10.1 Å². The maximum Gasteiger partial charge on any atom is 0.123 e. The minimum atomic E-state index is -0.238. The third-order valence-electron chi connectivity index (χ3n) is 4.59. The van der Waals surface area contributed by atoms with Crippen LogP contribution in [0.5, 0.6) is 0 Å². The average Bonchev–Trinajstić information content (AvgIpc) is 2.62. The molecule has 4 rings (SSSR count). The molecule has 2 aromatic carbocycles. The number of hydrogen-bond acceptors (Lipinski definition) is 3. The number of nitrogens with zero attached hydrogens (tertiary/aromatic N) is 1. The van der Waals surface area contributed by atoms with E-state index in [9.17, 15) is 4.39 Å². The van der Waals surface area contributed by atoms with Crippen molar-refractivity contribution in [1.82, 2.24) is 0 Å². The molecule has 0 aliphatic carbocycles. The highest BCUT2D eigenvalue weighted by molar-refractivity contribution is 5.84. The summed E-state index contributed by atoms with van der Waals surface area (Å²) in [5.74, 6) is -0.238. The van der Waals surface area contributed by atoms with Crippen LogP contribution < -0.4 is 5.32 Å². The van der Waals surface area contributed by atoms with E-state index in [1.54, 1.807) is 12.1 Å². The van der Waals surface area contributed by atoms with Gasteiger partial charge in [-0.05, 0) is 65.9 Å². The summed E-state index contributed by atoms with van der Waals surface area (Å²) in [7, 11) is 0. The number of halogens is 1. The summed E-state index contributed by atoms with van der Waals surface area (Å²) >= 11 is 0. The number of nitriles is 1. The zero-order chi connectivity index (χ0) is 16.5. The summed E-state index contributed by atoms with van der Waals surface area (Å²) in [6, 6.07) is 14.8. The molecule has 2 aliphatic heterocycles. The van der Waals surface area contributed by atoms with Crippen molar-refractivity contribution in [2.75, 3.05) is 11.9 Å². The molecular weight excluding hydrogens is 303 g/mol. The largest absolute Gasteiger partial charge is 0.369 e. The molecular formula is C20H17FN2O. The van der Waals surface area contributed by atoms with E-state index < -0.39 is 0 Å². The first kappa shape index (κ1) is 14.9. The smallest absolute Gasteiger partial charge is 0.123 e. The van der Waals surface area contributed by atoms with Crippen molar-refractivity contribution in [3.8, 4) is 6.07 Å². The summed E-state index contributed by atoms with van der Waals surface area (Å²) < 4.78 is 19.3. The van der Waals surface area contributed by atoms with E-state index in [0.29, 0.717) is 6.42 Å². The second kappa shape index (κ2) is 6.10. The van der Waals surface area contributed by atoms with Crippen LogP contribution in [0.1, 0.15) is 35.6 Å². The Balaban J connectivity index is 1.81. The van der Waals surface area contributed by atoms with E-state index in [0.717, 1.165) is 47.5 Å². The predicted molar refractivity (Wildman–Crippen MR) is 90.6 cm³/mol. The van der Waals surface area contributed by atoms with Crippen molar-refractivity contribution in [3.05, 3.63) is 70.5 Å². The molecule has 1 fully saturated rings.